The molecular formula is C28H39N3O3. The number of hydrogen-bond acceptors (Lipinski definition) is 4. The number of hydroxylamine groups is 1. The molecule has 2 aromatic rings. The molecule has 34 heavy (non-hydrogen) atoms. The van der Waals surface area contributed by atoms with Gasteiger partial charge in [-0.25, -0.2) is 10.9 Å². The Hall–Kier alpha value is -2.96. The van der Waals surface area contributed by atoms with Gasteiger partial charge in [0.05, 0.1) is 18.4 Å². The summed E-state index contributed by atoms with van der Waals surface area (Å²) in [4.78, 5) is 31.8. The summed E-state index contributed by atoms with van der Waals surface area (Å²) in [5.41, 5.74) is 10.4. The fourth-order valence-corrected chi connectivity index (χ4v) is 3.61. The average molecular weight is 466 g/mol. The molecule has 0 radical (unpaired) electrons. The maximum Gasteiger partial charge on any atom is 0.247 e. The quantitative estimate of drug-likeness (QED) is 0.347. The minimum Gasteiger partial charge on any atom is -0.291 e. The molecule has 6 heteroatoms. The predicted octanol–water partition coefficient (Wildman–Crippen LogP) is 4.89. The summed E-state index contributed by atoms with van der Waals surface area (Å²) in [6.45, 7) is 9.17. The summed E-state index contributed by atoms with van der Waals surface area (Å²) >= 11 is 0. The molecule has 2 rings (SSSR count). The van der Waals surface area contributed by atoms with Crippen LogP contribution in [0.1, 0.15) is 51.7 Å². The van der Waals surface area contributed by atoms with Crippen molar-refractivity contribution < 1.29 is 14.4 Å². The van der Waals surface area contributed by atoms with E-state index in [0.717, 1.165) is 11.1 Å². The molecule has 0 fully saturated rings. The highest BCUT2D eigenvalue weighted by Crippen LogP contribution is 2.25. The molecule has 0 aromatic heterocycles. The van der Waals surface area contributed by atoms with E-state index in [2.05, 4.69) is 44.0 Å². The van der Waals surface area contributed by atoms with Crippen molar-refractivity contribution >= 4 is 17.9 Å². The summed E-state index contributed by atoms with van der Waals surface area (Å²) in [6, 6.07) is 19.5. The first-order valence-corrected chi connectivity index (χ1v) is 12.1. The van der Waals surface area contributed by atoms with E-state index in [1.54, 1.807) is 0 Å². The highest BCUT2D eigenvalue weighted by atomic mass is 16.6. The van der Waals surface area contributed by atoms with Crippen molar-refractivity contribution in [3.63, 3.8) is 0 Å². The van der Waals surface area contributed by atoms with Crippen LogP contribution in [0, 0.1) is 23.7 Å². The first kappa shape index (κ1) is 27.3. The van der Waals surface area contributed by atoms with Crippen LogP contribution in [0.25, 0.3) is 6.08 Å². The van der Waals surface area contributed by atoms with E-state index >= 15 is 0 Å². The lowest BCUT2D eigenvalue weighted by molar-refractivity contribution is -0.145. The summed E-state index contributed by atoms with van der Waals surface area (Å²) in [6.07, 6.45) is 4.95. The van der Waals surface area contributed by atoms with Crippen LogP contribution in [0.15, 0.2) is 66.7 Å². The number of allylic oxidation sites excluding steroid dienone is 1. The Morgan fingerprint density at radius 1 is 0.853 bits per heavy atom. The molecule has 0 saturated carbocycles. The van der Waals surface area contributed by atoms with Crippen LogP contribution in [-0.4, -0.2) is 18.4 Å². The average Bonchev–Trinajstić information content (AvgIpc) is 2.81. The van der Waals surface area contributed by atoms with E-state index in [9.17, 15) is 9.59 Å². The third-order valence-corrected chi connectivity index (χ3v) is 5.36. The number of amides is 2. The molecule has 184 valence electrons. The van der Waals surface area contributed by atoms with Gasteiger partial charge in [0, 0.05) is 6.54 Å². The van der Waals surface area contributed by atoms with Crippen molar-refractivity contribution in [3.05, 3.63) is 77.9 Å². The van der Waals surface area contributed by atoms with E-state index in [1.807, 2.05) is 72.8 Å². The van der Waals surface area contributed by atoms with Gasteiger partial charge < -0.3 is 0 Å². The van der Waals surface area contributed by atoms with Gasteiger partial charge in [-0.1, -0.05) is 101 Å². The lowest BCUT2D eigenvalue weighted by atomic mass is 9.82. The first-order chi connectivity index (χ1) is 16.4. The second-order valence-corrected chi connectivity index (χ2v) is 9.40. The van der Waals surface area contributed by atoms with E-state index in [-0.39, 0.29) is 24.3 Å². The second-order valence-electron chi connectivity index (χ2n) is 9.40. The van der Waals surface area contributed by atoms with Gasteiger partial charge in [0.1, 0.15) is 0 Å². The Labute approximate surface area is 204 Å². The number of hydrazine groups is 1. The molecule has 2 aromatic carbocycles. The molecule has 0 aliphatic carbocycles. The normalized spacial score (nSPS) is 13.2. The van der Waals surface area contributed by atoms with Crippen LogP contribution in [0.4, 0.5) is 0 Å². The Bertz CT molecular complexity index is 882. The minimum atomic E-state index is -0.570. The zero-order chi connectivity index (χ0) is 24.8. The van der Waals surface area contributed by atoms with Gasteiger partial charge in [0.15, 0.2) is 0 Å². The largest absolute Gasteiger partial charge is 0.291 e. The first-order valence-electron chi connectivity index (χ1n) is 12.1. The Morgan fingerprint density at radius 3 is 2.12 bits per heavy atom. The number of nitrogens with one attached hydrogen (secondary N) is 3. The van der Waals surface area contributed by atoms with Crippen molar-refractivity contribution in [1.82, 2.24) is 16.3 Å². The van der Waals surface area contributed by atoms with Crippen molar-refractivity contribution in [2.75, 3.05) is 6.54 Å². The Balaban J connectivity index is 2.13. The topological polar surface area (TPSA) is 79.5 Å². The molecule has 0 aliphatic rings. The van der Waals surface area contributed by atoms with Gasteiger partial charge in [0.25, 0.3) is 0 Å². The fraction of sp³-hybridized carbons (Fsp3) is 0.429. The molecule has 0 heterocycles. The molecule has 3 N–H and O–H groups in total. The van der Waals surface area contributed by atoms with Gasteiger partial charge in [-0.2, -0.15) is 0 Å². The van der Waals surface area contributed by atoms with E-state index in [1.165, 1.54) is 0 Å². The molecular weight excluding hydrogens is 426 g/mol. The summed E-state index contributed by atoms with van der Waals surface area (Å²) in [5, 5.41) is 0. The number of hydrogen-bond donors (Lipinski definition) is 3. The molecule has 0 saturated heterocycles. The molecule has 0 bridgehead atoms. The highest BCUT2D eigenvalue weighted by Gasteiger charge is 2.33. The molecule has 0 unspecified atom stereocenters. The zero-order valence-corrected chi connectivity index (χ0v) is 20.8. The fourth-order valence-electron chi connectivity index (χ4n) is 3.61. The van der Waals surface area contributed by atoms with Crippen molar-refractivity contribution in [1.29, 1.82) is 0 Å². The molecule has 2 amide bonds. The van der Waals surface area contributed by atoms with Crippen LogP contribution in [0.2, 0.25) is 0 Å². The third kappa shape index (κ3) is 10.3. The SMILES string of the molecule is CC(C)CNNC(=O)[C@H](CC(C)C)[C@H](CC=Cc1ccccc1)C(=O)NOCc1ccccc1. The number of benzene rings is 2. The van der Waals surface area contributed by atoms with Crippen LogP contribution >= 0.6 is 0 Å². The summed E-state index contributed by atoms with van der Waals surface area (Å²) in [7, 11) is 0. The van der Waals surface area contributed by atoms with Gasteiger partial charge in [-0.05, 0) is 35.8 Å². The predicted molar refractivity (Wildman–Crippen MR) is 137 cm³/mol. The van der Waals surface area contributed by atoms with Gasteiger partial charge in [-0.3, -0.25) is 19.9 Å². The molecule has 0 spiro atoms. The maximum atomic E-state index is 13.2. The summed E-state index contributed by atoms with van der Waals surface area (Å²) in [5.74, 6) is -0.897. The number of carbonyl (C=O) groups is 2. The van der Waals surface area contributed by atoms with Crippen molar-refractivity contribution in [3.8, 4) is 0 Å². The maximum absolute atomic E-state index is 13.2. The smallest absolute Gasteiger partial charge is 0.247 e. The molecule has 0 aliphatic heterocycles. The van der Waals surface area contributed by atoms with Crippen LogP contribution < -0.4 is 16.3 Å². The second kappa shape index (κ2) is 15.0. The van der Waals surface area contributed by atoms with Gasteiger partial charge >= 0.3 is 0 Å². The molecule has 6 nitrogen and oxygen atoms in total. The van der Waals surface area contributed by atoms with Crippen LogP contribution in [0.5, 0.6) is 0 Å². The van der Waals surface area contributed by atoms with Gasteiger partial charge in [-0.15, -0.1) is 0 Å². The molecule has 2 atom stereocenters. The number of rotatable bonds is 14. The standard InChI is InChI=1S/C28H39N3O3/c1-21(2)18-26(27(32)30-29-19-22(3)4)25(17-11-16-23-12-7-5-8-13-23)28(33)31-34-20-24-14-9-6-10-15-24/h5-16,21-22,25-26,29H,17-20H2,1-4H3,(H,30,32)(H,31,33)/t25-,26+/m0/s1. The lowest BCUT2D eigenvalue weighted by Gasteiger charge is -2.26. The monoisotopic (exact) mass is 465 g/mol. The van der Waals surface area contributed by atoms with Gasteiger partial charge in [0.2, 0.25) is 11.8 Å². The van der Waals surface area contributed by atoms with Crippen LogP contribution in [0.3, 0.4) is 0 Å². The zero-order valence-electron chi connectivity index (χ0n) is 20.8. The van der Waals surface area contributed by atoms with E-state index in [4.69, 9.17) is 4.84 Å². The van der Waals surface area contributed by atoms with E-state index in [0.29, 0.717) is 25.3 Å². The highest BCUT2D eigenvalue weighted by molar-refractivity contribution is 5.87. The van der Waals surface area contributed by atoms with Crippen molar-refractivity contribution in [2.24, 2.45) is 23.7 Å². The van der Waals surface area contributed by atoms with Crippen LogP contribution in [-0.2, 0) is 21.0 Å². The lowest BCUT2D eigenvalue weighted by Crippen LogP contribution is -2.47. The number of carbonyl (C=O) groups excluding carboxylic acids is 2. The Kier molecular flexibility index (Phi) is 12.1. The third-order valence-electron chi connectivity index (χ3n) is 5.36. The Morgan fingerprint density at radius 2 is 1.50 bits per heavy atom. The minimum absolute atomic E-state index is 0.175. The van der Waals surface area contributed by atoms with E-state index < -0.39 is 11.8 Å². The summed E-state index contributed by atoms with van der Waals surface area (Å²) < 4.78 is 0. The van der Waals surface area contributed by atoms with Crippen molar-refractivity contribution in [2.45, 2.75) is 47.1 Å².